The summed E-state index contributed by atoms with van der Waals surface area (Å²) in [4.78, 5) is 24.0. The van der Waals surface area contributed by atoms with Crippen molar-refractivity contribution in [1.29, 1.82) is 0 Å². The molecule has 0 unspecified atom stereocenters. The zero-order valence-corrected chi connectivity index (χ0v) is 14.7. The number of hydrogen-bond acceptors (Lipinski definition) is 5. The van der Waals surface area contributed by atoms with E-state index in [1.54, 1.807) is 0 Å². The van der Waals surface area contributed by atoms with E-state index in [4.69, 9.17) is 9.84 Å². The molecule has 0 radical (unpaired) electrons. The Labute approximate surface area is 150 Å². The van der Waals surface area contributed by atoms with E-state index in [-0.39, 0.29) is 5.92 Å². The van der Waals surface area contributed by atoms with Crippen LogP contribution in [0.25, 0.3) is 10.4 Å². The van der Waals surface area contributed by atoms with Crippen LogP contribution in [0, 0.1) is 5.92 Å². The molecule has 1 fully saturated rings. The van der Waals surface area contributed by atoms with Crippen molar-refractivity contribution in [2.45, 2.75) is 32.1 Å². The van der Waals surface area contributed by atoms with Crippen LogP contribution in [0.3, 0.4) is 0 Å². The van der Waals surface area contributed by atoms with Gasteiger partial charge in [0.15, 0.2) is 0 Å². The minimum absolute atomic E-state index is 0.207. The van der Waals surface area contributed by atoms with Gasteiger partial charge < -0.3 is 15.2 Å². The summed E-state index contributed by atoms with van der Waals surface area (Å²) >= 11 is 1.27. The fourth-order valence-electron chi connectivity index (χ4n) is 3.17. The van der Waals surface area contributed by atoms with Gasteiger partial charge in [-0.25, -0.2) is 4.79 Å². The zero-order valence-electron chi connectivity index (χ0n) is 13.9. The quantitative estimate of drug-likeness (QED) is 0.678. The van der Waals surface area contributed by atoms with E-state index >= 15 is 0 Å². The summed E-state index contributed by atoms with van der Waals surface area (Å²) in [6, 6.07) is 11.6. The van der Waals surface area contributed by atoms with Crippen molar-refractivity contribution in [3.8, 4) is 15.5 Å². The van der Waals surface area contributed by atoms with Gasteiger partial charge in [-0.15, -0.1) is 0 Å². The summed E-state index contributed by atoms with van der Waals surface area (Å²) in [5.41, 5.74) is 1.61. The molecule has 0 spiro atoms. The highest BCUT2D eigenvalue weighted by Crippen LogP contribution is 2.41. The van der Waals surface area contributed by atoms with Crippen LogP contribution in [0.15, 0.2) is 36.4 Å². The Kier molecular flexibility index (Phi) is 5.71. The Hall–Kier alpha value is -2.34. The summed E-state index contributed by atoms with van der Waals surface area (Å²) in [5.74, 6) is 0.503. The molecule has 1 heterocycles. The third-order valence-corrected chi connectivity index (χ3v) is 5.50. The summed E-state index contributed by atoms with van der Waals surface area (Å²) in [6.07, 6.45) is 3.40. The SMILES string of the molecule is O=C(O)Oc1sc(-c2ccccc2)cc1NCCC(=O)C1CCCC1. The number of nitrogens with one attached hydrogen (secondary N) is 1. The molecule has 25 heavy (non-hydrogen) atoms. The number of ether oxygens (including phenoxy) is 1. The summed E-state index contributed by atoms with van der Waals surface area (Å²) < 4.78 is 4.89. The van der Waals surface area contributed by atoms with E-state index in [1.807, 2.05) is 36.4 Å². The number of hydrogen-bond donors (Lipinski definition) is 2. The molecule has 0 aliphatic heterocycles. The van der Waals surface area contributed by atoms with Crippen LogP contribution in [0.2, 0.25) is 0 Å². The van der Waals surface area contributed by atoms with Gasteiger partial charge in [-0.1, -0.05) is 54.5 Å². The average molecular weight is 359 g/mol. The molecular formula is C19H21NO4S. The lowest BCUT2D eigenvalue weighted by Gasteiger charge is -2.09. The number of carbonyl (C=O) groups excluding carboxylic acids is 1. The number of thiophene rings is 1. The van der Waals surface area contributed by atoms with Gasteiger partial charge >= 0.3 is 6.16 Å². The molecule has 2 aromatic rings. The molecule has 3 rings (SSSR count). The van der Waals surface area contributed by atoms with Gasteiger partial charge in [0.05, 0.1) is 5.69 Å². The lowest BCUT2D eigenvalue weighted by atomic mass is 10.0. The Bertz CT molecular complexity index is 735. The van der Waals surface area contributed by atoms with Gasteiger partial charge in [0.1, 0.15) is 5.78 Å². The monoisotopic (exact) mass is 359 g/mol. The molecular weight excluding hydrogens is 338 g/mol. The van der Waals surface area contributed by atoms with E-state index in [1.165, 1.54) is 11.3 Å². The Morgan fingerprint density at radius 1 is 1.20 bits per heavy atom. The fraction of sp³-hybridized carbons (Fsp3) is 0.368. The van der Waals surface area contributed by atoms with Gasteiger partial charge in [-0.2, -0.15) is 0 Å². The Balaban J connectivity index is 1.67. The van der Waals surface area contributed by atoms with Gasteiger partial charge in [0.25, 0.3) is 0 Å². The maximum atomic E-state index is 12.2. The normalized spacial score (nSPS) is 14.4. The van der Waals surface area contributed by atoms with Crippen molar-refractivity contribution < 1.29 is 19.4 Å². The van der Waals surface area contributed by atoms with E-state index in [9.17, 15) is 9.59 Å². The highest BCUT2D eigenvalue weighted by molar-refractivity contribution is 7.18. The number of carboxylic acid groups (broad SMARTS) is 1. The average Bonchev–Trinajstić information content (AvgIpc) is 3.26. The smallest absolute Gasteiger partial charge is 0.449 e. The number of benzene rings is 1. The highest BCUT2D eigenvalue weighted by Gasteiger charge is 2.22. The van der Waals surface area contributed by atoms with Crippen molar-refractivity contribution in [3.63, 3.8) is 0 Å². The van der Waals surface area contributed by atoms with Crippen LogP contribution in [-0.2, 0) is 4.79 Å². The Morgan fingerprint density at radius 3 is 2.60 bits per heavy atom. The molecule has 132 valence electrons. The highest BCUT2D eigenvalue weighted by atomic mass is 32.1. The van der Waals surface area contributed by atoms with Crippen LogP contribution >= 0.6 is 11.3 Å². The van der Waals surface area contributed by atoms with E-state index in [0.717, 1.165) is 36.1 Å². The largest absolute Gasteiger partial charge is 0.512 e. The minimum Gasteiger partial charge on any atom is -0.449 e. The predicted molar refractivity (Wildman–Crippen MR) is 98.5 cm³/mol. The van der Waals surface area contributed by atoms with E-state index < -0.39 is 6.16 Å². The maximum Gasteiger partial charge on any atom is 0.512 e. The number of ketones is 1. The molecule has 1 aromatic carbocycles. The summed E-state index contributed by atoms with van der Waals surface area (Å²) in [7, 11) is 0. The third kappa shape index (κ3) is 4.60. The van der Waals surface area contributed by atoms with Crippen LogP contribution in [0.4, 0.5) is 10.5 Å². The molecule has 0 atom stereocenters. The number of carbonyl (C=O) groups is 2. The van der Waals surface area contributed by atoms with Gasteiger partial charge in [-0.3, -0.25) is 4.79 Å². The lowest BCUT2D eigenvalue weighted by Crippen LogP contribution is -2.15. The standard InChI is InChI=1S/C19H21NO4S/c21-16(13-6-4-5-7-13)10-11-20-15-12-17(14-8-2-1-3-9-14)25-18(15)24-19(22)23/h1-3,8-9,12-13,20H,4-7,10-11H2,(H,22,23). The molecule has 1 aromatic heterocycles. The van der Waals surface area contributed by atoms with Crippen LogP contribution in [0.1, 0.15) is 32.1 Å². The van der Waals surface area contributed by atoms with Crippen molar-refractivity contribution in [3.05, 3.63) is 36.4 Å². The first-order valence-corrected chi connectivity index (χ1v) is 9.32. The minimum atomic E-state index is -1.34. The molecule has 6 heteroatoms. The second-order valence-corrected chi connectivity index (χ2v) is 7.18. The molecule has 0 saturated heterocycles. The molecule has 2 N–H and O–H groups in total. The first kappa shape index (κ1) is 17.5. The van der Waals surface area contributed by atoms with Crippen LogP contribution in [0.5, 0.6) is 5.06 Å². The number of anilines is 1. The van der Waals surface area contributed by atoms with Crippen molar-refractivity contribution in [1.82, 2.24) is 0 Å². The van der Waals surface area contributed by atoms with Gasteiger partial charge in [-0.05, 0) is 24.5 Å². The maximum absolute atomic E-state index is 12.2. The van der Waals surface area contributed by atoms with Crippen molar-refractivity contribution in [2.24, 2.45) is 5.92 Å². The molecule has 1 aliphatic rings. The van der Waals surface area contributed by atoms with Crippen LogP contribution < -0.4 is 10.1 Å². The lowest BCUT2D eigenvalue weighted by molar-refractivity contribution is -0.122. The second kappa shape index (κ2) is 8.16. The first-order valence-electron chi connectivity index (χ1n) is 8.50. The summed E-state index contributed by atoms with van der Waals surface area (Å²) in [5, 5.41) is 12.4. The van der Waals surface area contributed by atoms with Crippen molar-refractivity contribution in [2.75, 3.05) is 11.9 Å². The van der Waals surface area contributed by atoms with Gasteiger partial charge in [0, 0.05) is 23.8 Å². The van der Waals surface area contributed by atoms with Gasteiger partial charge in [0.2, 0.25) is 5.06 Å². The second-order valence-electron chi connectivity index (χ2n) is 6.17. The molecule has 1 saturated carbocycles. The van der Waals surface area contributed by atoms with E-state index in [0.29, 0.717) is 29.5 Å². The van der Waals surface area contributed by atoms with E-state index in [2.05, 4.69) is 5.32 Å². The van der Waals surface area contributed by atoms with Crippen LogP contribution in [-0.4, -0.2) is 23.6 Å². The van der Waals surface area contributed by atoms with Crippen molar-refractivity contribution >= 4 is 29.0 Å². The Morgan fingerprint density at radius 2 is 1.92 bits per heavy atom. The zero-order chi connectivity index (χ0) is 17.6. The molecule has 0 bridgehead atoms. The molecule has 0 amide bonds. The molecule has 1 aliphatic carbocycles. The molecule has 5 nitrogen and oxygen atoms in total. The summed E-state index contributed by atoms with van der Waals surface area (Å²) in [6.45, 7) is 0.482. The number of rotatable bonds is 7. The fourth-order valence-corrected chi connectivity index (χ4v) is 4.15. The topological polar surface area (TPSA) is 75.6 Å². The first-order chi connectivity index (χ1) is 12.1. The third-order valence-electron chi connectivity index (χ3n) is 4.43. The predicted octanol–water partition coefficient (Wildman–Crippen LogP) is 5.03. The number of Topliss-reactive ketones (excluding diaryl/α,β-unsaturated/α-hetero) is 1.